The van der Waals surface area contributed by atoms with Crippen LogP contribution in [0.1, 0.15) is 67.0 Å². The fraction of sp³-hybridized carbons (Fsp3) is 0.500. The monoisotopic (exact) mass is 568 g/mol. The number of halogens is 3. The Morgan fingerprint density at radius 1 is 1.10 bits per heavy atom. The quantitative estimate of drug-likeness (QED) is 0.308. The molecule has 3 aromatic heterocycles. The Morgan fingerprint density at radius 3 is 2.61 bits per heavy atom. The summed E-state index contributed by atoms with van der Waals surface area (Å²) < 4.78 is 52.9. The van der Waals surface area contributed by atoms with E-state index in [0.717, 1.165) is 60.9 Å². The van der Waals surface area contributed by atoms with Crippen molar-refractivity contribution in [3.63, 3.8) is 0 Å². The molecule has 4 aromatic rings. The SMILES string of the molecule is CO[C@H]1CCCCN(Cc2cc(C(F)(F)F)c3cn(-c4cccc([C@H](c5nncn5C)C5CCC5)c4)c(=O)n3c2)C1. The Bertz CT molecular complexity index is 1590. The van der Waals surface area contributed by atoms with Crippen molar-refractivity contribution >= 4 is 5.52 Å². The first kappa shape index (κ1) is 27.7. The number of aryl methyl sites for hydroxylation is 1. The number of fused-ring (bicyclic) bond motifs is 1. The highest BCUT2D eigenvalue weighted by molar-refractivity contribution is 5.58. The Hall–Kier alpha value is -3.44. The molecule has 8 nitrogen and oxygen atoms in total. The Balaban J connectivity index is 1.40. The number of imidazole rings is 1. The molecule has 1 saturated carbocycles. The van der Waals surface area contributed by atoms with E-state index in [-0.39, 0.29) is 17.5 Å². The largest absolute Gasteiger partial charge is 0.418 e. The van der Waals surface area contributed by atoms with E-state index >= 15 is 0 Å². The average Bonchev–Trinajstić information content (AvgIpc) is 3.40. The van der Waals surface area contributed by atoms with Crippen molar-refractivity contribution in [3.05, 3.63) is 82.1 Å². The van der Waals surface area contributed by atoms with Gasteiger partial charge in [0.2, 0.25) is 0 Å². The van der Waals surface area contributed by atoms with Crippen molar-refractivity contribution in [1.29, 1.82) is 0 Å². The predicted molar refractivity (Wildman–Crippen MR) is 148 cm³/mol. The van der Waals surface area contributed by atoms with Crippen LogP contribution in [0.3, 0.4) is 0 Å². The highest BCUT2D eigenvalue weighted by atomic mass is 19.4. The summed E-state index contributed by atoms with van der Waals surface area (Å²) in [5.41, 5.74) is 0.429. The van der Waals surface area contributed by atoms with Crippen LogP contribution in [0.15, 0.2) is 53.8 Å². The van der Waals surface area contributed by atoms with Gasteiger partial charge in [-0.2, -0.15) is 13.2 Å². The lowest BCUT2D eigenvalue weighted by Crippen LogP contribution is -2.32. The Kier molecular flexibility index (Phi) is 7.50. The maximum Gasteiger partial charge on any atom is 0.418 e. The van der Waals surface area contributed by atoms with E-state index in [0.29, 0.717) is 30.3 Å². The molecular weight excluding hydrogens is 533 g/mol. The van der Waals surface area contributed by atoms with Gasteiger partial charge in [-0.25, -0.2) is 4.79 Å². The Morgan fingerprint density at radius 2 is 1.93 bits per heavy atom. The van der Waals surface area contributed by atoms with E-state index < -0.39 is 17.4 Å². The number of rotatable bonds is 7. The summed E-state index contributed by atoms with van der Waals surface area (Å²) in [6.07, 6.45) is 6.15. The van der Waals surface area contributed by atoms with Gasteiger partial charge in [0.15, 0.2) is 0 Å². The lowest BCUT2D eigenvalue weighted by Gasteiger charge is -2.33. The molecule has 0 unspecified atom stereocenters. The summed E-state index contributed by atoms with van der Waals surface area (Å²) in [4.78, 5) is 15.8. The van der Waals surface area contributed by atoms with Gasteiger partial charge in [-0.1, -0.05) is 18.6 Å². The summed E-state index contributed by atoms with van der Waals surface area (Å²) in [6.45, 7) is 1.73. The summed E-state index contributed by atoms with van der Waals surface area (Å²) in [5, 5.41) is 8.43. The van der Waals surface area contributed by atoms with Crippen LogP contribution in [0.2, 0.25) is 0 Å². The molecule has 1 aliphatic carbocycles. The third-order valence-electron chi connectivity index (χ3n) is 8.73. The molecule has 41 heavy (non-hydrogen) atoms. The number of alkyl halides is 3. The minimum Gasteiger partial charge on any atom is -0.380 e. The van der Waals surface area contributed by atoms with E-state index in [2.05, 4.69) is 15.1 Å². The lowest BCUT2D eigenvalue weighted by atomic mass is 9.72. The zero-order valence-electron chi connectivity index (χ0n) is 23.3. The van der Waals surface area contributed by atoms with Gasteiger partial charge in [0.25, 0.3) is 0 Å². The fourth-order valence-corrected chi connectivity index (χ4v) is 6.36. The molecule has 2 fully saturated rings. The zero-order chi connectivity index (χ0) is 28.7. The Labute approximate surface area is 236 Å². The zero-order valence-corrected chi connectivity index (χ0v) is 23.3. The van der Waals surface area contributed by atoms with Crippen molar-refractivity contribution in [2.45, 2.75) is 63.3 Å². The van der Waals surface area contributed by atoms with Crippen molar-refractivity contribution in [3.8, 4) is 5.69 Å². The number of nitrogens with zero attached hydrogens (tertiary/aromatic N) is 6. The molecule has 0 spiro atoms. The molecule has 1 saturated heterocycles. The van der Waals surface area contributed by atoms with Crippen molar-refractivity contribution < 1.29 is 17.9 Å². The molecule has 6 rings (SSSR count). The third kappa shape index (κ3) is 5.44. The number of ether oxygens (including phenoxy) is 1. The number of benzene rings is 1. The van der Waals surface area contributed by atoms with E-state index in [1.807, 2.05) is 29.8 Å². The van der Waals surface area contributed by atoms with Crippen LogP contribution in [0.5, 0.6) is 0 Å². The lowest BCUT2D eigenvalue weighted by molar-refractivity contribution is -0.136. The van der Waals surface area contributed by atoms with Gasteiger partial charge in [-0.3, -0.25) is 13.9 Å². The number of hydrogen-bond acceptors (Lipinski definition) is 5. The second-order valence-corrected chi connectivity index (χ2v) is 11.4. The second kappa shape index (κ2) is 11.1. The summed E-state index contributed by atoms with van der Waals surface area (Å²) in [5.74, 6) is 1.23. The van der Waals surface area contributed by atoms with Crippen LogP contribution in [0.4, 0.5) is 13.2 Å². The minimum absolute atomic E-state index is 0.00850. The van der Waals surface area contributed by atoms with E-state index in [9.17, 15) is 18.0 Å². The van der Waals surface area contributed by atoms with E-state index in [1.165, 1.54) is 16.8 Å². The summed E-state index contributed by atoms with van der Waals surface area (Å²) in [6, 6.07) is 8.69. The van der Waals surface area contributed by atoms with Crippen molar-refractivity contribution in [2.75, 3.05) is 20.2 Å². The molecule has 2 aliphatic rings. The van der Waals surface area contributed by atoms with Gasteiger partial charge in [-0.05, 0) is 73.9 Å². The molecule has 0 amide bonds. The fourth-order valence-electron chi connectivity index (χ4n) is 6.36. The van der Waals surface area contributed by atoms with E-state index in [4.69, 9.17) is 4.74 Å². The summed E-state index contributed by atoms with van der Waals surface area (Å²) >= 11 is 0. The maximum atomic E-state index is 14.3. The predicted octanol–water partition coefficient (Wildman–Crippen LogP) is 5.17. The minimum atomic E-state index is -4.61. The van der Waals surface area contributed by atoms with Crippen LogP contribution in [-0.2, 0) is 24.5 Å². The molecule has 1 aromatic carbocycles. The van der Waals surface area contributed by atoms with Crippen molar-refractivity contribution in [2.24, 2.45) is 13.0 Å². The second-order valence-electron chi connectivity index (χ2n) is 11.4. The first-order chi connectivity index (χ1) is 19.7. The first-order valence-electron chi connectivity index (χ1n) is 14.3. The maximum absolute atomic E-state index is 14.3. The number of methoxy groups -OCH3 is 1. The van der Waals surface area contributed by atoms with Gasteiger partial charge < -0.3 is 9.30 Å². The van der Waals surface area contributed by atoms with Gasteiger partial charge in [0.05, 0.1) is 22.9 Å². The molecule has 2 atom stereocenters. The first-order valence-corrected chi connectivity index (χ1v) is 14.3. The number of pyridine rings is 1. The highest BCUT2D eigenvalue weighted by Gasteiger charge is 2.35. The molecule has 1 aliphatic heterocycles. The van der Waals surface area contributed by atoms with Crippen LogP contribution in [-0.4, -0.2) is 54.9 Å². The normalized spacial score (nSPS) is 19.8. The van der Waals surface area contributed by atoms with Crippen LogP contribution in [0.25, 0.3) is 11.2 Å². The van der Waals surface area contributed by atoms with Gasteiger partial charge in [-0.15, -0.1) is 10.2 Å². The molecule has 0 radical (unpaired) electrons. The smallest absolute Gasteiger partial charge is 0.380 e. The molecule has 218 valence electrons. The molecule has 0 bridgehead atoms. The molecule has 0 N–H and O–H groups in total. The van der Waals surface area contributed by atoms with Gasteiger partial charge in [0, 0.05) is 45.6 Å². The van der Waals surface area contributed by atoms with Crippen LogP contribution in [0, 0.1) is 5.92 Å². The van der Waals surface area contributed by atoms with E-state index in [1.54, 1.807) is 25.7 Å². The van der Waals surface area contributed by atoms with Crippen LogP contribution < -0.4 is 5.69 Å². The molecule has 11 heteroatoms. The summed E-state index contributed by atoms with van der Waals surface area (Å²) in [7, 11) is 3.58. The topological polar surface area (TPSA) is 69.6 Å². The molecular formula is C30H35F3N6O2. The van der Waals surface area contributed by atoms with Gasteiger partial charge in [0.1, 0.15) is 12.2 Å². The third-order valence-corrected chi connectivity index (χ3v) is 8.73. The number of likely N-dealkylation sites (tertiary alicyclic amines) is 1. The molecule has 4 heterocycles. The number of aromatic nitrogens is 5. The van der Waals surface area contributed by atoms with Gasteiger partial charge >= 0.3 is 11.9 Å². The standard InChI is InChI=1S/C30H35F3N6O2/c1-36-19-34-35-28(36)27(21-7-5-8-21)22-9-6-10-23(14-22)38-18-26-25(30(31,32)33)13-20(16-39(26)29(38)40)15-37-12-4-3-11-24(17-37)41-2/h6,9-10,13-14,16,18-19,21,24,27H,3-5,7-8,11-12,15,17H2,1-2H3/t24-,27+/m0/s1. The average molecular weight is 569 g/mol. The number of hydrogen-bond donors (Lipinski definition) is 0. The highest BCUT2D eigenvalue weighted by Crippen LogP contribution is 2.43. The van der Waals surface area contributed by atoms with Crippen LogP contribution >= 0.6 is 0 Å². The van der Waals surface area contributed by atoms with Crippen molar-refractivity contribution in [1.82, 2.24) is 28.6 Å².